The maximum atomic E-state index is 9.10. The minimum absolute atomic E-state index is 0.264. The molecular weight excluding hydrogens is 242 g/mol. The van der Waals surface area contributed by atoms with Gasteiger partial charge in [-0.1, -0.05) is 13.3 Å². The molecule has 1 rings (SSSR count). The Labute approximate surface area is 115 Å². The Hall–Kier alpha value is -1.26. The van der Waals surface area contributed by atoms with Crippen LogP contribution < -0.4 is 14.8 Å². The van der Waals surface area contributed by atoms with Crippen molar-refractivity contribution in [2.75, 3.05) is 26.3 Å². The molecule has 0 fully saturated rings. The first-order chi connectivity index (χ1) is 9.22. The van der Waals surface area contributed by atoms with E-state index in [1.807, 2.05) is 29.6 Å². The average molecular weight is 268 g/mol. The number of ether oxygens (including phenoxy) is 2. The number of hydrogen-bond donors (Lipinski definition) is 2. The maximum Gasteiger partial charge on any atom is 0.137 e. The van der Waals surface area contributed by atoms with E-state index < -0.39 is 0 Å². The Morgan fingerprint density at radius 2 is 1.68 bits per heavy atom. The van der Waals surface area contributed by atoms with Crippen LogP contribution >= 0.6 is 0 Å². The van der Waals surface area contributed by atoms with Crippen molar-refractivity contribution in [2.24, 2.45) is 0 Å². The summed E-state index contributed by atoms with van der Waals surface area (Å²) in [6.45, 7) is 6.91. The van der Waals surface area contributed by atoms with Crippen molar-refractivity contribution in [3.8, 4) is 11.5 Å². The molecule has 0 heterocycles. The number of aliphatic hydroxyl groups excluding tert-OH is 1. The molecule has 4 heteroatoms. The summed E-state index contributed by atoms with van der Waals surface area (Å²) in [4.78, 5) is 0. The number of nitrogens with two attached hydrogens (primary N) is 1. The number of aliphatic hydroxyl groups is 1. The van der Waals surface area contributed by atoms with Gasteiger partial charge in [0.1, 0.15) is 31.2 Å². The summed E-state index contributed by atoms with van der Waals surface area (Å²) in [6, 6.07) is 7.72. The lowest BCUT2D eigenvalue weighted by Gasteiger charge is -2.08. The van der Waals surface area contributed by atoms with E-state index in [-0.39, 0.29) is 6.10 Å². The molecule has 0 saturated carbocycles. The van der Waals surface area contributed by atoms with Gasteiger partial charge in [-0.2, -0.15) is 0 Å². The van der Waals surface area contributed by atoms with Crippen molar-refractivity contribution < 1.29 is 19.9 Å². The first kappa shape index (κ1) is 15.8. The fourth-order valence-corrected chi connectivity index (χ4v) is 1.59. The third-order valence-electron chi connectivity index (χ3n) is 2.69. The Morgan fingerprint density at radius 1 is 1.11 bits per heavy atom. The fourth-order valence-electron chi connectivity index (χ4n) is 1.59. The van der Waals surface area contributed by atoms with Gasteiger partial charge in [-0.05, 0) is 37.6 Å². The van der Waals surface area contributed by atoms with Gasteiger partial charge in [-0.25, -0.2) is 0 Å². The monoisotopic (exact) mass is 268 g/mol. The molecule has 1 aromatic rings. The van der Waals surface area contributed by atoms with Crippen LogP contribution in [-0.2, 0) is 0 Å². The summed E-state index contributed by atoms with van der Waals surface area (Å²) in [5.41, 5.74) is 0. The molecule has 0 saturated heterocycles. The minimum Gasteiger partial charge on any atom is -0.494 e. The molecule has 0 aromatic heterocycles. The summed E-state index contributed by atoms with van der Waals surface area (Å²) in [6.07, 6.45) is 1.96. The van der Waals surface area contributed by atoms with Gasteiger partial charge in [-0.3, -0.25) is 0 Å². The van der Waals surface area contributed by atoms with Gasteiger partial charge in [0, 0.05) is 0 Å². The molecule has 0 bridgehead atoms. The van der Waals surface area contributed by atoms with Crippen molar-refractivity contribution >= 4 is 0 Å². The Morgan fingerprint density at radius 3 is 2.21 bits per heavy atom. The number of quaternary nitrogens is 1. The van der Waals surface area contributed by atoms with E-state index in [2.05, 4.69) is 6.92 Å². The molecule has 0 amide bonds. The van der Waals surface area contributed by atoms with Crippen LogP contribution in [0.1, 0.15) is 26.7 Å². The van der Waals surface area contributed by atoms with E-state index in [0.29, 0.717) is 13.2 Å². The molecule has 19 heavy (non-hydrogen) atoms. The average Bonchev–Trinajstić information content (AvgIpc) is 2.40. The predicted molar refractivity (Wildman–Crippen MR) is 75.7 cm³/mol. The number of rotatable bonds is 10. The molecule has 0 spiro atoms. The topological polar surface area (TPSA) is 55.3 Å². The third-order valence-corrected chi connectivity index (χ3v) is 2.69. The van der Waals surface area contributed by atoms with Crippen molar-refractivity contribution in [2.45, 2.75) is 32.8 Å². The molecule has 1 aromatic carbocycles. The smallest absolute Gasteiger partial charge is 0.137 e. The van der Waals surface area contributed by atoms with Gasteiger partial charge < -0.3 is 19.9 Å². The Kier molecular flexibility index (Phi) is 8.02. The lowest BCUT2D eigenvalue weighted by Crippen LogP contribution is -2.87. The highest BCUT2D eigenvalue weighted by Gasteiger charge is 1.99. The second kappa shape index (κ2) is 9.64. The largest absolute Gasteiger partial charge is 0.494 e. The Bertz CT molecular complexity index is 325. The van der Waals surface area contributed by atoms with E-state index >= 15 is 0 Å². The molecule has 0 aliphatic rings. The molecule has 108 valence electrons. The van der Waals surface area contributed by atoms with Gasteiger partial charge in [-0.15, -0.1) is 0 Å². The summed E-state index contributed by atoms with van der Waals surface area (Å²) in [5.74, 6) is 1.75. The van der Waals surface area contributed by atoms with E-state index in [9.17, 15) is 0 Å². The lowest BCUT2D eigenvalue weighted by atomic mass is 10.3. The van der Waals surface area contributed by atoms with Crippen LogP contribution in [0, 0.1) is 0 Å². The van der Waals surface area contributed by atoms with Crippen LogP contribution in [0.25, 0.3) is 0 Å². The van der Waals surface area contributed by atoms with Crippen LogP contribution in [0.5, 0.6) is 11.5 Å². The normalized spacial score (nSPS) is 12.2. The van der Waals surface area contributed by atoms with E-state index in [1.165, 1.54) is 0 Å². The highest BCUT2D eigenvalue weighted by molar-refractivity contribution is 5.31. The van der Waals surface area contributed by atoms with E-state index in [1.54, 1.807) is 6.92 Å². The molecule has 0 aliphatic heterocycles. The quantitative estimate of drug-likeness (QED) is 0.627. The summed E-state index contributed by atoms with van der Waals surface area (Å²) >= 11 is 0. The van der Waals surface area contributed by atoms with Crippen LogP contribution in [-0.4, -0.2) is 37.5 Å². The molecule has 1 atom stereocenters. The first-order valence-electron chi connectivity index (χ1n) is 7.07. The van der Waals surface area contributed by atoms with Crippen LogP contribution in [0.4, 0.5) is 0 Å². The predicted octanol–water partition coefficient (Wildman–Crippen LogP) is 1.19. The zero-order valence-corrected chi connectivity index (χ0v) is 12.0. The second-order valence-electron chi connectivity index (χ2n) is 4.68. The SMILES string of the molecule is CCCCOc1ccc(OCC[NH2+]C[C@H](C)O)cc1. The molecular formula is C15H26NO3+. The lowest BCUT2D eigenvalue weighted by molar-refractivity contribution is -0.661. The summed E-state index contributed by atoms with van der Waals surface area (Å²) < 4.78 is 11.2. The molecule has 0 radical (unpaired) electrons. The number of benzene rings is 1. The number of unbranched alkanes of at least 4 members (excludes halogenated alkanes) is 1. The third kappa shape index (κ3) is 7.70. The van der Waals surface area contributed by atoms with Crippen molar-refractivity contribution in [3.05, 3.63) is 24.3 Å². The zero-order valence-electron chi connectivity index (χ0n) is 12.0. The minimum atomic E-state index is -0.264. The van der Waals surface area contributed by atoms with Gasteiger partial charge in [0.05, 0.1) is 12.7 Å². The van der Waals surface area contributed by atoms with Crippen molar-refractivity contribution in [3.63, 3.8) is 0 Å². The highest BCUT2D eigenvalue weighted by Crippen LogP contribution is 2.17. The molecule has 0 unspecified atom stereocenters. The molecule has 3 N–H and O–H groups in total. The van der Waals surface area contributed by atoms with Crippen molar-refractivity contribution in [1.82, 2.24) is 0 Å². The first-order valence-corrected chi connectivity index (χ1v) is 7.07. The summed E-state index contributed by atoms with van der Waals surface area (Å²) in [7, 11) is 0. The van der Waals surface area contributed by atoms with Crippen LogP contribution in [0.2, 0.25) is 0 Å². The van der Waals surface area contributed by atoms with Crippen LogP contribution in [0.3, 0.4) is 0 Å². The van der Waals surface area contributed by atoms with E-state index in [4.69, 9.17) is 14.6 Å². The maximum absolute atomic E-state index is 9.10. The van der Waals surface area contributed by atoms with E-state index in [0.717, 1.165) is 37.5 Å². The second-order valence-corrected chi connectivity index (χ2v) is 4.68. The summed E-state index contributed by atoms with van der Waals surface area (Å²) in [5, 5.41) is 11.2. The fraction of sp³-hybridized carbons (Fsp3) is 0.600. The number of hydrogen-bond acceptors (Lipinski definition) is 3. The zero-order chi connectivity index (χ0) is 13.9. The molecule has 4 nitrogen and oxygen atoms in total. The Balaban J connectivity index is 2.17. The van der Waals surface area contributed by atoms with Gasteiger partial charge in [0.25, 0.3) is 0 Å². The van der Waals surface area contributed by atoms with Crippen LogP contribution in [0.15, 0.2) is 24.3 Å². The van der Waals surface area contributed by atoms with Gasteiger partial charge in [0.15, 0.2) is 0 Å². The van der Waals surface area contributed by atoms with Crippen molar-refractivity contribution in [1.29, 1.82) is 0 Å². The van der Waals surface area contributed by atoms with Gasteiger partial charge >= 0.3 is 0 Å². The van der Waals surface area contributed by atoms with Gasteiger partial charge in [0.2, 0.25) is 0 Å². The highest BCUT2D eigenvalue weighted by atomic mass is 16.5. The standard InChI is InChI=1S/C15H25NO3/c1-3-4-10-18-14-5-7-15(8-6-14)19-11-9-16-12-13(2)17/h5-8,13,16-17H,3-4,9-12H2,1-2H3/p+1/t13-/m0/s1. The molecule has 0 aliphatic carbocycles.